The molecular formula is C17H22N5O5P. The number of rotatable bonds is 8. The van der Waals surface area contributed by atoms with Gasteiger partial charge in [-0.05, 0) is 17.5 Å². The number of hydrogen-bond acceptors (Lipinski definition) is 6. The van der Waals surface area contributed by atoms with Gasteiger partial charge < -0.3 is 25.2 Å². The molecule has 2 aromatic heterocycles. The molecule has 0 aliphatic rings. The van der Waals surface area contributed by atoms with E-state index in [2.05, 4.69) is 15.0 Å². The van der Waals surface area contributed by atoms with Gasteiger partial charge in [0, 0.05) is 0 Å². The molecule has 0 fully saturated rings. The summed E-state index contributed by atoms with van der Waals surface area (Å²) in [6.07, 6.45) is 1.43. The average Bonchev–Trinajstić information content (AvgIpc) is 2.91. The van der Waals surface area contributed by atoms with Crippen LogP contribution in [0.3, 0.4) is 0 Å². The van der Waals surface area contributed by atoms with E-state index in [1.54, 1.807) is 24.3 Å². The minimum atomic E-state index is -4.18. The first kappa shape index (κ1) is 20.1. The third kappa shape index (κ3) is 4.78. The van der Waals surface area contributed by atoms with Crippen LogP contribution in [0.25, 0.3) is 11.2 Å². The molecule has 0 amide bonds. The van der Waals surface area contributed by atoms with Crippen LogP contribution in [-0.4, -0.2) is 35.9 Å². The number of nitrogen functional groups attached to an aromatic ring is 1. The topological polar surface area (TPSA) is 156 Å². The van der Waals surface area contributed by atoms with E-state index >= 15 is 0 Å². The molecule has 5 N–H and O–H groups in total. The standard InChI is InChI=1S/C17H22N5O5P/c1-2-3-7-27-16-20-14(18)13-15(21-16)22(17(23)19-13)9-11-5-4-6-12(8-11)10-28(24,25)26/h4-6,8H,2-3,7,9-10H2,1H3,(H,19,23)(H2,18,20,21)(H2,24,25,26). The van der Waals surface area contributed by atoms with E-state index in [1.807, 2.05) is 6.92 Å². The van der Waals surface area contributed by atoms with Gasteiger partial charge in [-0.1, -0.05) is 37.6 Å². The van der Waals surface area contributed by atoms with Gasteiger partial charge in [0.2, 0.25) is 0 Å². The van der Waals surface area contributed by atoms with Crippen LogP contribution in [0.15, 0.2) is 29.1 Å². The Hall–Kier alpha value is -2.68. The number of anilines is 1. The first-order chi connectivity index (χ1) is 13.3. The Morgan fingerprint density at radius 3 is 2.75 bits per heavy atom. The van der Waals surface area contributed by atoms with Crippen LogP contribution >= 0.6 is 7.60 Å². The van der Waals surface area contributed by atoms with Crippen molar-refractivity contribution in [3.05, 3.63) is 45.9 Å². The molecule has 150 valence electrons. The van der Waals surface area contributed by atoms with E-state index in [0.717, 1.165) is 12.8 Å². The number of nitrogens with two attached hydrogens (primary N) is 1. The Labute approximate surface area is 160 Å². The lowest BCUT2D eigenvalue weighted by Gasteiger charge is -2.08. The molecule has 3 rings (SSSR count). The second kappa shape index (κ2) is 8.14. The molecule has 0 saturated heterocycles. The lowest BCUT2D eigenvalue weighted by molar-refractivity contribution is 0.286. The molecule has 11 heteroatoms. The summed E-state index contributed by atoms with van der Waals surface area (Å²) >= 11 is 0. The maximum Gasteiger partial charge on any atom is 0.329 e. The van der Waals surface area contributed by atoms with Gasteiger partial charge in [-0.2, -0.15) is 9.97 Å². The molecule has 3 aromatic rings. The number of nitrogens with zero attached hydrogens (tertiary/aromatic N) is 3. The monoisotopic (exact) mass is 407 g/mol. The molecule has 0 saturated carbocycles. The molecule has 0 unspecified atom stereocenters. The van der Waals surface area contributed by atoms with Gasteiger partial charge in [-0.25, -0.2) is 4.79 Å². The number of hydrogen-bond donors (Lipinski definition) is 4. The van der Waals surface area contributed by atoms with Gasteiger partial charge in [0.15, 0.2) is 11.5 Å². The third-order valence-corrected chi connectivity index (χ3v) is 4.86. The van der Waals surface area contributed by atoms with Crippen molar-refractivity contribution >= 4 is 24.6 Å². The maximum atomic E-state index is 12.4. The minimum absolute atomic E-state index is 0.0986. The first-order valence-corrected chi connectivity index (χ1v) is 10.6. The highest BCUT2D eigenvalue weighted by Crippen LogP contribution is 2.39. The molecule has 2 heterocycles. The molecule has 0 atom stereocenters. The van der Waals surface area contributed by atoms with Gasteiger partial charge in [0.05, 0.1) is 19.3 Å². The fourth-order valence-electron chi connectivity index (χ4n) is 2.80. The molecule has 28 heavy (non-hydrogen) atoms. The SMILES string of the molecule is CCCCOc1nc(N)c2[nH]c(=O)n(Cc3cccc(CP(=O)(O)O)c3)c2n1. The zero-order valence-corrected chi connectivity index (χ0v) is 16.2. The highest BCUT2D eigenvalue weighted by molar-refractivity contribution is 7.50. The van der Waals surface area contributed by atoms with Gasteiger partial charge in [-0.3, -0.25) is 9.13 Å². The van der Waals surface area contributed by atoms with E-state index < -0.39 is 13.3 Å². The Balaban J connectivity index is 1.94. The fourth-order valence-corrected chi connectivity index (χ4v) is 3.47. The number of imidazole rings is 1. The number of benzene rings is 1. The van der Waals surface area contributed by atoms with E-state index in [1.165, 1.54) is 4.57 Å². The minimum Gasteiger partial charge on any atom is -0.463 e. The summed E-state index contributed by atoms with van der Waals surface area (Å²) in [5, 5.41) is 0. The van der Waals surface area contributed by atoms with Crippen molar-refractivity contribution < 1.29 is 19.1 Å². The number of aromatic nitrogens is 4. The summed E-state index contributed by atoms with van der Waals surface area (Å²) in [6.45, 7) is 2.63. The summed E-state index contributed by atoms with van der Waals surface area (Å²) in [7, 11) is -4.18. The Morgan fingerprint density at radius 2 is 2.04 bits per heavy atom. The third-order valence-electron chi connectivity index (χ3n) is 4.08. The number of unbranched alkanes of at least 4 members (excludes halogenated alkanes) is 1. The normalized spacial score (nSPS) is 11.8. The number of nitrogens with one attached hydrogen (secondary N) is 1. The molecule has 0 aliphatic carbocycles. The Kier molecular flexibility index (Phi) is 5.83. The molecule has 0 radical (unpaired) electrons. The molecule has 0 bridgehead atoms. The van der Waals surface area contributed by atoms with Gasteiger partial charge in [-0.15, -0.1) is 0 Å². The van der Waals surface area contributed by atoms with Crippen molar-refractivity contribution in [1.29, 1.82) is 0 Å². The lowest BCUT2D eigenvalue weighted by atomic mass is 10.1. The van der Waals surface area contributed by atoms with Gasteiger partial charge in [0.1, 0.15) is 5.52 Å². The molecule has 1 aromatic carbocycles. The van der Waals surface area contributed by atoms with Crippen molar-refractivity contribution in [1.82, 2.24) is 19.5 Å². The quantitative estimate of drug-likeness (QED) is 0.324. The second-order valence-corrected chi connectivity index (χ2v) is 8.10. The van der Waals surface area contributed by atoms with E-state index in [0.29, 0.717) is 28.9 Å². The Morgan fingerprint density at radius 1 is 1.29 bits per heavy atom. The summed E-state index contributed by atoms with van der Waals surface area (Å²) < 4.78 is 18.1. The van der Waals surface area contributed by atoms with Crippen molar-refractivity contribution in [2.24, 2.45) is 0 Å². The van der Waals surface area contributed by atoms with E-state index in [4.69, 9.17) is 20.3 Å². The van der Waals surface area contributed by atoms with E-state index in [9.17, 15) is 9.36 Å². The van der Waals surface area contributed by atoms with Crippen LogP contribution in [0.1, 0.15) is 30.9 Å². The van der Waals surface area contributed by atoms with Crippen molar-refractivity contribution in [2.75, 3.05) is 12.3 Å². The number of fused-ring (bicyclic) bond motifs is 1. The highest BCUT2D eigenvalue weighted by Gasteiger charge is 2.17. The molecular weight excluding hydrogens is 385 g/mol. The van der Waals surface area contributed by atoms with Crippen LogP contribution in [0.4, 0.5) is 5.82 Å². The van der Waals surface area contributed by atoms with Crippen LogP contribution < -0.4 is 16.2 Å². The highest BCUT2D eigenvalue weighted by atomic mass is 31.2. The Bertz CT molecular complexity index is 1090. The predicted octanol–water partition coefficient (Wildman–Crippen LogP) is 1.61. The van der Waals surface area contributed by atoms with Crippen molar-refractivity contribution in [3.63, 3.8) is 0 Å². The second-order valence-electron chi connectivity index (χ2n) is 6.45. The zero-order chi connectivity index (χ0) is 20.3. The largest absolute Gasteiger partial charge is 0.463 e. The number of H-pyrrole nitrogens is 1. The van der Waals surface area contributed by atoms with Gasteiger partial charge in [0.25, 0.3) is 0 Å². The molecule has 10 nitrogen and oxygen atoms in total. The van der Waals surface area contributed by atoms with Crippen LogP contribution in [0.2, 0.25) is 0 Å². The molecule has 0 spiro atoms. The van der Waals surface area contributed by atoms with Crippen molar-refractivity contribution in [3.8, 4) is 6.01 Å². The van der Waals surface area contributed by atoms with Crippen LogP contribution in [0.5, 0.6) is 6.01 Å². The van der Waals surface area contributed by atoms with Crippen LogP contribution in [-0.2, 0) is 17.3 Å². The van der Waals surface area contributed by atoms with E-state index in [-0.39, 0.29) is 24.5 Å². The summed E-state index contributed by atoms with van der Waals surface area (Å²) in [6, 6.07) is 6.82. The zero-order valence-electron chi connectivity index (χ0n) is 15.3. The average molecular weight is 407 g/mol. The summed E-state index contributed by atoms with van der Waals surface area (Å²) in [4.78, 5) is 41.7. The van der Waals surface area contributed by atoms with Crippen molar-refractivity contribution in [2.45, 2.75) is 32.5 Å². The maximum absolute atomic E-state index is 12.4. The number of aromatic amines is 1. The first-order valence-electron chi connectivity index (χ1n) is 8.78. The summed E-state index contributed by atoms with van der Waals surface area (Å²) in [5.41, 5.74) is 7.32. The van der Waals surface area contributed by atoms with Crippen LogP contribution in [0, 0.1) is 0 Å². The summed E-state index contributed by atoms with van der Waals surface area (Å²) in [5.74, 6) is 0.114. The smallest absolute Gasteiger partial charge is 0.329 e. The molecule has 0 aliphatic heterocycles. The van der Waals surface area contributed by atoms with Gasteiger partial charge >= 0.3 is 19.3 Å². The predicted molar refractivity (Wildman–Crippen MR) is 104 cm³/mol. The fraction of sp³-hybridized carbons (Fsp3) is 0.353. The number of ether oxygens (including phenoxy) is 1. The lowest BCUT2D eigenvalue weighted by Crippen LogP contribution is -2.18.